The lowest BCUT2D eigenvalue weighted by Gasteiger charge is -2.08. The van der Waals surface area contributed by atoms with Crippen LogP contribution < -0.4 is 4.74 Å². The first-order chi connectivity index (χ1) is 8.95. The van der Waals surface area contributed by atoms with Crippen LogP contribution in [0.2, 0.25) is 0 Å². The molecule has 0 aliphatic carbocycles. The van der Waals surface area contributed by atoms with Gasteiger partial charge in [-0.1, -0.05) is 0 Å². The van der Waals surface area contributed by atoms with Gasteiger partial charge >= 0.3 is 11.7 Å². The second kappa shape index (κ2) is 6.48. The van der Waals surface area contributed by atoms with E-state index in [9.17, 15) is 19.7 Å². The molecule has 0 aliphatic rings. The highest BCUT2D eigenvalue weighted by Crippen LogP contribution is 2.31. The van der Waals surface area contributed by atoms with E-state index in [4.69, 9.17) is 9.84 Å². The normalized spacial score (nSPS) is 9.95. The minimum absolute atomic E-state index is 0.0162. The number of nitro groups is 1. The van der Waals surface area contributed by atoms with Crippen molar-refractivity contribution in [3.63, 3.8) is 0 Å². The zero-order valence-electron chi connectivity index (χ0n) is 10.3. The summed E-state index contributed by atoms with van der Waals surface area (Å²) in [5, 5.41) is 19.4. The Morgan fingerprint density at radius 1 is 1.53 bits per heavy atom. The van der Waals surface area contributed by atoms with Crippen LogP contribution in [0.4, 0.5) is 5.69 Å². The summed E-state index contributed by atoms with van der Waals surface area (Å²) in [7, 11) is 0. The summed E-state index contributed by atoms with van der Waals surface area (Å²) in [6, 6.07) is 2.85. The molecule has 7 heteroatoms. The van der Waals surface area contributed by atoms with Crippen LogP contribution in [0.1, 0.15) is 28.8 Å². The first-order valence-corrected chi connectivity index (χ1v) is 5.54. The minimum Gasteiger partial charge on any atom is -0.487 e. The number of aldehydes is 1. The van der Waals surface area contributed by atoms with Crippen molar-refractivity contribution in [3.8, 4) is 5.75 Å². The molecule has 0 aromatic heterocycles. The summed E-state index contributed by atoms with van der Waals surface area (Å²) >= 11 is 0. The van der Waals surface area contributed by atoms with Crippen LogP contribution in [-0.4, -0.2) is 28.9 Å². The molecule has 1 N–H and O–H groups in total. The van der Waals surface area contributed by atoms with E-state index in [1.165, 1.54) is 12.1 Å². The molecule has 0 saturated carbocycles. The van der Waals surface area contributed by atoms with E-state index in [2.05, 4.69) is 0 Å². The summed E-state index contributed by atoms with van der Waals surface area (Å²) in [5.74, 6) is -0.978. The fourth-order valence-electron chi connectivity index (χ4n) is 1.57. The Labute approximate surface area is 109 Å². The van der Waals surface area contributed by atoms with Crippen molar-refractivity contribution < 1.29 is 24.4 Å². The molecule has 0 fully saturated rings. The van der Waals surface area contributed by atoms with Gasteiger partial charge in [-0.25, -0.2) is 0 Å². The fraction of sp³-hybridized carbons (Fsp3) is 0.333. The first-order valence-electron chi connectivity index (χ1n) is 5.54. The SMILES string of the molecule is Cc1cc(C=O)c([N+](=O)[O-])c(OCCCC(=O)O)c1. The van der Waals surface area contributed by atoms with E-state index in [1.807, 2.05) is 0 Å². The number of rotatable bonds is 7. The lowest BCUT2D eigenvalue weighted by Crippen LogP contribution is -2.05. The van der Waals surface area contributed by atoms with Crippen LogP contribution in [0, 0.1) is 17.0 Å². The molecule has 7 nitrogen and oxygen atoms in total. The Bertz CT molecular complexity index is 511. The molecule has 0 spiro atoms. The van der Waals surface area contributed by atoms with Gasteiger partial charge in [-0.2, -0.15) is 0 Å². The molecule has 1 rings (SSSR count). The largest absolute Gasteiger partial charge is 0.487 e. The van der Waals surface area contributed by atoms with Crippen molar-refractivity contribution in [2.45, 2.75) is 19.8 Å². The highest BCUT2D eigenvalue weighted by atomic mass is 16.6. The van der Waals surface area contributed by atoms with Gasteiger partial charge in [0.05, 0.1) is 17.1 Å². The van der Waals surface area contributed by atoms with Crippen LogP contribution in [0.25, 0.3) is 0 Å². The van der Waals surface area contributed by atoms with E-state index < -0.39 is 16.6 Å². The molecule has 0 bridgehead atoms. The van der Waals surface area contributed by atoms with E-state index in [1.54, 1.807) is 6.92 Å². The summed E-state index contributed by atoms with van der Waals surface area (Å²) in [6.45, 7) is 1.72. The maximum absolute atomic E-state index is 10.9. The molecule has 0 atom stereocenters. The zero-order chi connectivity index (χ0) is 14.4. The van der Waals surface area contributed by atoms with Crippen molar-refractivity contribution >= 4 is 17.9 Å². The predicted octanol–water partition coefficient (Wildman–Crippen LogP) is 1.96. The number of hydrogen-bond donors (Lipinski definition) is 1. The molecule has 1 aromatic rings. The topological polar surface area (TPSA) is 107 Å². The highest BCUT2D eigenvalue weighted by molar-refractivity contribution is 5.84. The summed E-state index contributed by atoms with van der Waals surface area (Å²) in [6.07, 6.45) is 0.548. The second-order valence-electron chi connectivity index (χ2n) is 3.92. The molecule has 0 amide bonds. The summed E-state index contributed by atoms with van der Waals surface area (Å²) in [5.41, 5.74) is 0.204. The molecule has 102 valence electrons. The van der Waals surface area contributed by atoms with Crippen LogP contribution in [0.15, 0.2) is 12.1 Å². The standard InChI is InChI=1S/C12H13NO6/c1-8-5-9(7-14)12(13(17)18)10(6-8)19-4-2-3-11(15)16/h5-7H,2-4H2,1H3,(H,15,16). The van der Waals surface area contributed by atoms with Crippen molar-refractivity contribution in [2.75, 3.05) is 6.61 Å². The van der Waals surface area contributed by atoms with Gasteiger partial charge in [-0.3, -0.25) is 19.7 Å². The molecule has 0 unspecified atom stereocenters. The van der Waals surface area contributed by atoms with E-state index in [0.29, 0.717) is 11.8 Å². The average Bonchev–Trinajstić information content (AvgIpc) is 2.33. The monoisotopic (exact) mass is 267 g/mol. The molecule has 0 aliphatic heterocycles. The number of carboxylic acid groups (broad SMARTS) is 1. The third kappa shape index (κ3) is 4.06. The highest BCUT2D eigenvalue weighted by Gasteiger charge is 2.21. The molecular weight excluding hydrogens is 254 g/mol. The average molecular weight is 267 g/mol. The number of carbonyl (C=O) groups excluding carboxylic acids is 1. The quantitative estimate of drug-likeness (QED) is 0.350. The van der Waals surface area contributed by atoms with Gasteiger partial charge in [0.1, 0.15) is 0 Å². The molecule has 19 heavy (non-hydrogen) atoms. The van der Waals surface area contributed by atoms with Gasteiger partial charge in [-0.15, -0.1) is 0 Å². The lowest BCUT2D eigenvalue weighted by molar-refractivity contribution is -0.386. The van der Waals surface area contributed by atoms with Crippen LogP contribution >= 0.6 is 0 Å². The van der Waals surface area contributed by atoms with E-state index in [-0.39, 0.29) is 30.8 Å². The summed E-state index contributed by atoms with van der Waals surface area (Å²) < 4.78 is 5.21. The minimum atomic E-state index is -0.962. The Kier molecular flexibility index (Phi) is 4.99. The predicted molar refractivity (Wildman–Crippen MR) is 65.6 cm³/mol. The molecule has 0 heterocycles. The number of aliphatic carboxylic acids is 1. The van der Waals surface area contributed by atoms with Crippen LogP contribution in [0.5, 0.6) is 5.75 Å². The van der Waals surface area contributed by atoms with Crippen molar-refractivity contribution in [1.29, 1.82) is 0 Å². The summed E-state index contributed by atoms with van der Waals surface area (Å²) in [4.78, 5) is 31.4. The number of carboxylic acids is 1. The molecule has 0 radical (unpaired) electrons. The van der Waals surface area contributed by atoms with Crippen molar-refractivity contribution in [1.82, 2.24) is 0 Å². The van der Waals surface area contributed by atoms with Crippen LogP contribution in [0.3, 0.4) is 0 Å². The number of carbonyl (C=O) groups is 2. The number of benzene rings is 1. The number of ether oxygens (including phenoxy) is 1. The number of nitrogens with zero attached hydrogens (tertiary/aromatic N) is 1. The van der Waals surface area contributed by atoms with Gasteiger partial charge in [0.15, 0.2) is 12.0 Å². The molecule has 1 aromatic carbocycles. The van der Waals surface area contributed by atoms with Gasteiger partial charge in [0.2, 0.25) is 0 Å². The lowest BCUT2D eigenvalue weighted by atomic mass is 10.1. The number of aryl methyl sites for hydroxylation is 1. The maximum atomic E-state index is 10.9. The van der Waals surface area contributed by atoms with Crippen molar-refractivity contribution in [2.24, 2.45) is 0 Å². The third-order valence-electron chi connectivity index (χ3n) is 2.35. The smallest absolute Gasteiger partial charge is 0.321 e. The van der Waals surface area contributed by atoms with Gasteiger partial charge in [-0.05, 0) is 31.0 Å². The first kappa shape index (κ1) is 14.6. The Balaban J connectivity index is 2.92. The van der Waals surface area contributed by atoms with E-state index >= 15 is 0 Å². The third-order valence-corrected chi connectivity index (χ3v) is 2.35. The second-order valence-corrected chi connectivity index (χ2v) is 3.92. The van der Waals surface area contributed by atoms with Gasteiger partial charge < -0.3 is 9.84 Å². The number of hydrogen-bond acceptors (Lipinski definition) is 5. The van der Waals surface area contributed by atoms with Gasteiger partial charge in [0.25, 0.3) is 0 Å². The Morgan fingerprint density at radius 2 is 2.21 bits per heavy atom. The van der Waals surface area contributed by atoms with E-state index in [0.717, 1.165) is 0 Å². The van der Waals surface area contributed by atoms with Crippen molar-refractivity contribution in [3.05, 3.63) is 33.4 Å². The fourth-order valence-corrected chi connectivity index (χ4v) is 1.57. The van der Waals surface area contributed by atoms with Gasteiger partial charge in [0, 0.05) is 6.42 Å². The Morgan fingerprint density at radius 3 is 2.74 bits per heavy atom. The molecular formula is C12H13NO6. The zero-order valence-corrected chi connectivity index (χ0v) is 10.3. The Hall–Kier alpha value is -2.44. The number of nitro benzene ring substituents is 1. The molecule has 0 saturated heterocycles. The van der Waals surface area contributed by atoms with Crippen LogP contribution in [-0.2, 0) is 4.79 Å². The maximum Gasteiger partial charge on any atom is 0.321 e.